The number of nitrogens with zero attached hydrogens (tertiary/aromatic N) is 1. The van der Waals surface area contributed by atoms with Gasteiger partial charge in [-0.15, -0.1) is 0 Å². The van der Waals surface area contributed by atoms with Crippen LogP contribution in [0.1, 0.15) is 25.0 Å². The number of hydrogen-bond acceptors (Lipinski definition) is 3. The number of hydrogen-bond donors (Lipinski definition) is 1. The summed E-state index contributed by atoms with van der Waals surface area (Å²) >= 11 is 3.43. The van der Waals surface area contributed by atoms with E-state index >= 15 is 0 Å². The molecule has 0 atom stereocenters. The van der Waals surface area contributed by atoms with Crippen molar-refractivity contribution in [2.75, 3.05) is 26.2 Å². The maximum absolute atomic E-state index is 13.8. The average molecular weight is 445 g/mol. The summed E-state index contributed by atoms with van der Waals surface area (Å²) in [4.78, 5) is 2.32. The second-order valence-electron chi connectivity index (χ2n) is 6.10. The Morgan fingerprint density at radius 1 is 0.963 bits per heavy atom. The van der Waals surface area contributed by atoms with Gasteiger partial charge in [0.2, 0.25) is 0 Å². The summed E-state index contributed by atoms with van der Waals surface area (Å²) in [6.45, 7) is 8.42. The van der Waals surface area contributed by atoms with E-state index in [2.05, 4.69) is 40.0 Å². The molecule has 148 valence electrons. The third-order valence-electron chi connectivity index (χ3n) is 4.31. The predicted octanol–water partition coefficient (Wildman–Crippen LogP) is 4.88. The molecule has 1 N–H and O–H groups in total. The molecule has 0 amide bonds. The SMILES string of the molecule is CCN(CC)CCNCc1cc(Br)ccc1OCc1cc(F)c(F)cc1F. The number of nitrogens with one attached hydrogen (secondary N) is 1. The summed E-state index contributed by atoms with van der Waals surface area (Å²) < 4.78 is 46.7. The highest BCUT2D eigenvalue weighted by Gasteiger charge is 2.12. The van der Waals surface area contributed by atoms with Crippen molar-refractivity contribution in [2.45, 2.75) is 27.0 Å². The smallest absolute Gasteiger partial charge is 0.161 e. The molecule has 0 aliphatic carbocycles. The fourth-order valence-electron chi connectivity index (χ4n) is 2.66. The van der Waals surface area contributed by atoms with E-state index in [1.807, 2.05) is 12.1 Å². The fraction of sp³-hybridized carbons (Fsp3) is 0.400. The molecule has 0 saturated carbocycles. The van der Waals surface area contributed by atoms with Crippen LogP contribution < -0.4 is 10.1 Å². The van der Waals surface area contributed by atoms with Gasteiger partial charge in [0.05, 0.1) is 0 Å². The molecule has 2 aromatic carbocycles. The molecule has 0 heterocycles. The summed E-state index contributed by atoms with van der Waals surface area (Å²) in [7, 11) is 0. The first-order valence-electron chi connectivity index (χ1n) is 8.92. The third-order valence-corrected chi connectivity index (χ3v) is 4.80. The van der Waals surface area contributed by atoms with Crippen LogP contribution in [0.15, 0.2) is 34.8 Å². The maximum Gasteiger partial charge on any atom is 0.161 e. The van der Waals surface area contributed by atoms with Crippen molar-refractivity contribution in [3.8, 4) is 5.75 Å². The molecular formula is C20H24BrF3N2O. The molecular weight excluding hydrogens is 421 g/mol. The van der Waals surface area contributed by atoms with Crippen molar-refractivity contribution in [2.24, 2.45) is 0 Å². The van der Waals surface area contributed by atoms with E-state index < -0.39 is 17.5 Å². The molecule has 2 rings (SSSR count). The quantitative estimate of drug-likeness (QED) is 0.417. The largest absolute Gasteiger partial charge is 0.488 e. The number of halogens is 4. The summed E-state index contributed by atoms with van der Waals surface area (Å²) in [6, 6.07) is 6.86. The minimum atomic E-state index is -1.21. The van der Waals surface area contributed by atoms with Crippen molar-refractivity contribution in [3.05, 3.63) is 63.4 Å². The minimum absolute atomic E-state index is 0.0303. The van der Waals surface area contributed by atoms with Crippen LogP contribution in [0, 0.1) is 17.5 Å². The van der Waals surface area contributed by atoms with Crippen LogP contribution >= 0.6 is 15.9 Å². The van der Waals surface area contributed by atoms with E-state index in [4.69, 9.17) is 4.74 Å². The molecule has 27 heavy (non-hydrogen) atoms. The highest BCUT2D eigenvalue weighted by atomic mass is 79.9. The molecule has 3 nitrogen and oxygen atoms in total. The van der Waals surface area contributed by atoms with E-state index in [9.17, 15) is 13.2 Å². The van der Waals surface area contributed by atoms with E-state index in [1.54, 1.807) is 6.07 Å². The van der Waals surface area contributed by atoms with Gasteiger partial charge >= 0.3 is 0 Å². The second kappa shape index (κ2) is 10.7. The lowest BCUT2D eigenvalue weighted by Gasteiger charge is -2.18. The van der Waals surface area contributed by atoms with Crippen molar-refractivity contribution in [1.29, 1.82) is 0 Å². The summed E-state index contributed by atoms with van der Waals surface area (Å²) in [6.07, 6.45) is 0. The fourth-order valence-corrected chi connectivity index (χ4v) is 3.07. The lowest BCUT2D eigenvalue weighted by atomic mass is 10.2. The Labute approximate surface area is 166 Å². The van der Waals surface area contributed by atoms with Gasteiger partial charge < -0.3 is 15.0 Å². The van der Waals surface area contributed by atoms with E-state index in [1.165, 1.54) is 0 Å². The van der Waals surface area contributed by atoms with Gasteiger partial charge in [0.15, 0.2) is 11.6 Å². The number of benzene rings is 2. The van der Waals surface area contributed by atoms with Crippen molar-refractivity contribution >= 4 is 15.9 Å². The van der Waals surface area contributed by atoms with E-state index in [-0.39, 0.29) is 12.2 Å². The lowest BCUT2D eigenvalue weighted by Crippen LogP contribution is -2.31. The number of likely N-dealkylation sites (N-methyl/N-ethyl adjacent to an activating group) is 1. The van der Waals surface area contributed by atoms with E-state index in [0.717, 1.165) is 42.3 Å². The highest BCUT2D eigenvalue weighted by molar-refractivity contribution is 9.10. The Kier molecular flexibility index (Phi) is 8.60. The van der Waals surface area contributed by atoms with Gasteiger partial charge in [-0.1, -0.05) is 29.8 Å². The zero-order valence-corrected chi connectivity index (χ0v) is 17.1. The lowest BCUT2D eigenvalue weighted by molar-refractivity contribution is 0.291. The Balaban J connectivity index is 2.00. The van der Waals surface area contributed by atoms with Crippen LogP contribution in [-0.4, -0.2) is 31.1 Å². The number of rotatable bonds is 10. The van der Waals surface area contributed by atoms with Gasteiger partial charge in [-0.2, -0.15) is 0 Å². The predicted molar refractivity (Wildman–Crippen MR) is 104 cm³/mol. The molecule has 0 radical (unpaired) electrons. The van der Waals surface area contributed by atoms with Gasteiger partial charge in [-0.05, 0) is 37.4 Å². The first-order chi connectivity index (χ1) is 12.9. The monoisotopic (exact) mass is 444 g/mol. The first-order valence-corrected chi connectivity index (χ1v) is 9.71. The van der Waals surface area contributed by atoms with Crippen LogP contribution in [0.25, 0.3) is 0 Å². The molecule has 0 unspecified atom stereocenters. The molecule has 0 aliphatic heterocycles. The Bertz CT molecular complexity index is 754. The Morgan fingerprint density at radius 2 is 1.67 bits per heavy atom. The third kappa shape index (κ3) is 6.52. The molecule has 0 saturated heterocycles. The van der Waals surface area contributed by atoms with E-state index in [0.29, 0.717) is 18.4 Å². The Hall–Kier alpha value is -1.57. The molecule has 0 aromatic heterocycles. The zero-order valence-electron chi connectivity index (χ0n) is 15.5. The first kappa shape index (κ1) is 21.7. The van der Waals surface area contributed by atoms with Crippen LogP contribution in [0.2, 0.25) is 0 Å². The molecule has 7 heteroatoms. The molecule has 2 aromatic rings. The molecule has 0 bridgehead atoms. The van der Waals surface area contributed by atoms with Crippen LogP contribution in [0.5, 0.6) is 5.75 Å². The Morgan fingerprint density at radius 3 is 2.37 bits per heavy atom. The maximum atomic E-state index is 13.8. The van der Waals surface area contributed by atoms with Crippen molar-refractivity contribution in [1.82, 2.24) is 10.2 Å². The number of ether oxygens (including phenoxy) is 1. The van der Waals surface area contributed by atoms with Gasteiger partial charge in [-0.25, -0.2) is 13.2 Å². The minimum Gasteiger partial charge on any atom is -0.488 e. The van der Waals surface area contributed by atoms with Crippen molar-refractivity contribution in [3.63, 3.8) is 0 Å². The van der Waals surface area contributed by atoms with Crippen LogP contribution in [-0.2, 0) is 13.2 Å². The molecule has 0 spiro atoms. The van der Waals surface area contributed by atoms with Gasteiger partial charge in [-0.3, -0.25) is 0 Å². The molecule has 0 fully saturated rings. The summed E-state index contributed by atoms with van der Waals surface area (Å²) in [5.41, 5.74) is 0.865. The molecule has 0 aliphatic rings. The highest BCUT2D eigenvalue weighted by Crippen LogP contribution is 2.25. The van der Waals surface area contributed by atoms with Gasteiger partial charge in [0.1, 0.15) is 18.2 Å². The van der Waals surface area contributed by atoms with Gasteiger partial charge in [0, 0.05) is 41.3 Å². The topological polar surface area (TPSA) is 24.5 Å². The van der Waals surface area contributed by atoms with Crippen molar-refractivity contribution < 1.29 is 17.9 Å². The normalized spacial score (nSPS) is 11.2. The van der Waals surface area contributed by atoms with Gasteiger partial charge in [0.25, 0.3) is 0 Å². The zero-order chi connectivity index (χ0) is 19.8. The summed E-state index contributed by atoms with van der Waals surface area (Å²) in [5.74, 6) is -2.57. The average Bonchev–Trinajstić information content (AvgIpc) is 2.65. The standard InChI is InChI=1S/C20H24BrF3N2O/c1-3-26(4-2)8-7-25-12-14-9-16(21)5-6-20(14)27-13-15-10-18(23)19(24)11-17(15)22/h5-6,9-11,25H,3-4,7-8,12-13H2,1-2H3. The van der Waals surface area contributed by atoms with Crippen LogP contribution in [0.3, 0.4) is 0 Å². The summed E-state index contributed by atoms with van der Waals surface area (Å²) in [5, 5.41) is 3.37. The van der Waals surface area contributed by atoms with Crippen LogP contribution in [0.4, 0.5) is 13.2 Å². The second-order valence-corrected chi connectivity index (χ2v) is 7.02.